The maximum absolute atomic E-state index is 14.1. The number of aliphatic hydroxyl groups is 1. The van der Waals surface area contributed by atoms with E-state index in [2.05, 4.69) is 10.3 Å². The lowest BCUT2D eigenvalue weighted by molar-refractivity contribution is -0.117. The average molecular weight is 350 g/mol. The van der Waals surface area contributed by atoms with E-state index in [0.717, 1.165) is 40.3 Å². The third-order valence-electron chi connectivity index (χ3n) is 4.80. The van der Waals surface area contributed by atoms with Crippen LogP contribution in [0, 0.1) is 18.7 Å². The highest BCUT2D eigenvalue weighted by molar-refractivity contribution is 5.96. The van der Waals surface area contributed by atoms with Crippen LogP contribution in [0.15, 0.2) is 42.6 Å². The Morgan fingerprint density at radius 1 is 1.23 bits per heavy atom. The van der Waals surface area contributed by atoms with Crippen LogP contribution in [0.1, 0.15) is 24.0 Å². The molecule has 5 heteroatoms. The van der Waals surface area contributed by atoms with Crippen LogP contribution < -0.4 is 5.32 Å². The molecule has 2 aromatic carbocycles. The highest BCUT2D eigenvalue weighted by Crippen LogP contribution is 2.31. The molecule has 0 saturated heterocycles. The maximum Gasteiger partial charge on any atom is 0.228 e. The molecule has 1 heterocycles. The fourth-order valence-corrected chi connectivity index (χ4v) is 3.12. The van der Waals surface area contributed by atoms with E-state index in [1.54, 1.807) is 12.3 Å². The van der Waals surface area contributed by atoms with Crippen molar-refractivity contribution >= 4 is 22.5 Å². The number of amides is 1. The summed E-state index contributed by atoms with van der Waals surface area (Å²) in [5, 5.41) is 13.9. The van der Waals surface area contributed by atoms with Gasteiger partial charge in [0.1, 0.15) is 11.6 Å². The van der Waals surface area contributed by atoms with Crippen molar-refractivity contribution in [1.82, 2.24) is 4.98 Å². The number of carbonyl (C=O) groups is 1. The molecule has 2 N–H and O–H groups in total. The van der Waals surface area contributed by atoms with Crippen molar-refractivity contribution in [2.45, 2.75) is 26.4 Å². The van der Waals surface area contributed by atoms with E-state index in [4.69, 9.17) is 0 Å². The lowest BCUT2D eigenvalue weighted by Gasteiger charge is -2.11. The third-order valence-corrected chi connectivity index (χ3v) is 4.80. The van der Waals surface area contributed by atoms with Gasteiger partial charge in [-0.05, 0) is 60.0 Å². The fraction of sp³-hybridized carbons (Fsp3) is 0.238. The first-order valence-electron chi connectivity index (χ1n) is 8.66. The molecule has 0 aliphatic heterocycles. The van der Waals surface area contributed by atoms with Gasteiger partial charge in [-0.1, -0.05) is 18.2 Å². The molecule has 132 valence electrons. The SMILES string of the molecule is Cc1cc(CO)c(F)cc1-c1ccc2cc(NC(=O)C3CC3)ncc2c1. The Hall–Kier alpha value is -2.79. The molecule has 1 aromatic heterocycles. The number of hydrogen-bond donors (Lipinski definition) is 2. The first kappa shape index (κ1) is 16.7. The minimum atomic E-state index is -0.413. The van der Waals surface area contributed by atoms with Crippen LogP contribution in [0.5, 0.6) is 0 Å². The molecular formula is C21H19FN2O2. The zero-order valence-electron chi connectivity index (χ0n) is 14.4. The van der Waals surface area contributed by atoms with Crippen molar-refractivity contribution in [3.63, 3.8) is 0 Å². The molecule has 1 amide bonds. The van der Waals surface area contributed by atoms with E-state index >= 15 is 0 Å². The summed E-state index contributed by atoms with van der Waals surface area (Å²) in [6, 6.07) is 10.8. The summed E-state index contributed by atoms with van der Waals surface area (Å²) in [5.41, 5.74) is 2.86. The average Bonchev–Trinajstić information content (AvgIpc) is 3.48. The number of carbonyl (C=O) groups excluding carboxylic acids is 1. The standard InChI is InChI=1S/C21H19FN2O2/c1-12-6-17(11-25)19(22)9-18(12)15-5-4-14-8-20(23-10-16(14)7-15)24-21(26)13-2-3-13/h4-10,13,25H,2-3,11H2,1H3,(H,23,24,26). The van der Waals surface area contributed by atoms with Gasteiger partial charge in [0.05, 0.1) is 6.61 Å². The summed E-state index contributed by atoms with van der Waals surface area (Å²) in [6.07, 6.45) is 3.62. The second-order valence-electron chi connectivity index (χ2n) is 6.81. The molecule has 0 unspecified atom stereocenters. The molecule has 1 aliphatic rings. The fourth-order valence-electron chi connectivity index (χ4n) is 3.12. The summed E-state index contributed by atoms with van der Waals surface area (Å²) >= 11 is 0. The smallest absolute Gasteiger partial charge is 0.228 e. The minimum Gasteiger partial charge on any atom is -0.392 e. The Morgan fingerprint density at radius 2 is 2.04 bits per heavy atom. The van der Waals surface area contributed by atoms with Gasteiger partial charge in [0, 0.05) is 23.1 Å². The van der Waals surface area contributed by atoms with Crippen LogP contribution in [-0.2, 0) is 11.4 Å². The highest BCUT2D eigenvalue weighted by Gasteiger charge is 2.29. The summed E-state index contributed by atoms with van der Waals surface area (Å²) in [7, 11) is 0. The number of fused-ring (bicyclic) bond motifs is 1. The van der Waals surface area contributed by atoms with Crippen molar-refractivity contribution in [1.29, 1.82) is 0 Å². The molecule has 4 nitrogen and oxygen atoms in total. The van der Waals surface area contributed by atoms with E-state index in [1.165, 1.54) is 6.07 Å². The monoisotopic (exact) mass is 350 g/mol. The molecule has 0 radical (unpaired) electrons. The van der Waals surface area contributed by atoms with Gasteiger partial charge in [-0.25, -0.2) is 9.37 Å². The topological polar surface area (TPSA) is 62.2 Å². The number of aryl methyl sites for hydroxylation is 1. The Kier molecular flexibility index (Phi) is 4.17. The zero-order valence-corrected chi connectivity index (χ0v) is 14.4. The van der Waals surface area contributed by atoms with Gasteiger partial charge in [-0.3, -0.25) is 4.79 Å². The number of benzene rings is 2. The van der Waals surface area contributed by atoms with Crippen molar-refractivity contribution in [3.8, 4) is 11.1 Å². The van der Waals surface area contributed by atoms with Gasteiger partial charge in [0.15, 0.2) is 0 Å². The van der Waals surface area contributed by atoms with Crippen LogP contribution in [0.2, 0.25) is 0 Å². The number of hydrogen-bond acceptors (Lipinski definition) is 3. The predicted molar refractivity (Wildman–Crippen MR) is 99.2 cm³/mol. The lowest BCUT2D eigenvalue weighted by Crippen LogP contribution is -2.14. The van der Waals surface area contributed by atoms with Crippen molar-refractivity contribution in [3.05, 3.63) is 59.5 Å². The molecule has 0 atom stereocenters. The molecule has 1 aliphatic carbocycles. The highest BCUT2D eigenvalue weighted by atomic mass is 19.1. The Labute approximate surface area is 150 Å². The van der Waals surface area contributed by atoms with E-state index < -0.39 is 5.82 Å². The first-order valence-corrected chi connectivity index (χ1v) is 8.66. The molecule has 0 bridgehead atoms. The molecular weight excluding hydrogens is 331 g/mol. The van der Waals surface area contributed by atoms with E-state index in [0.29, 0.717) is 11.4 Å². The number of rotatable bonds is 4. The summed E-state index contributed by atoms with van der Waals surface area (Å²) < 4.78 is 14.1. The summed E-state index contributed by atoms with van der Waals surface area (Å²) in [6.45, 7) is 1.58. The van der Waals surface area contributed by atoms with Crippen LogP contribution in [0.25, 0.3) is 21.9 Å². The molecule has 4 rings (SSSR count). The molecule has 0 spiro atoms. The Balaban J connectivity index is 1.67. The van der Waals surface area contributed by atoms with Crippen molar-refractivity contribution < 1.29 is 14.3 Å². The molecule has 3 aromatic rings. The summed E-state index contributed by atoms with van der Waals surface area (Å²) in [4.78, 5) is 16.2. The second-order valence-corrected chi connectivity index (χ2v) is 6.81. The van der Waals surface area contributed by atoms with Gasteiger partial charge in [0.25, 0.3) is 0 Å². The van der Waals surface area contributed by atoms with Gasteiger partial charge in [0.2, 0.25) is 5.91 Å². The van der Waals surface area contributed by atoms with Crippen LogP contribution in [0.3, 0.4) is 0 Å². The predicted octanol–water partition coefficient (Wildman–Crippen LogP) is 4.19. The van der Waals surface area contributed by atoms with E-state index in [9.17, 15) is 14.3 Å². The van der Waals surface area contributed by atoms with Crippen molar-refractivity contribution in [2.24, 2.45) is 5.92 Å². The Morgan fingerprint density at radius 3 is 2.77 bits per heavy atom. The number of anilines is 1. The number of nitrogens with zero attached hydrogens (tertiary/aromatic N) is 1. The quantitative estimate of drug-likeness (QED) is 0.742. The second kappa shape index (κ2) is 6.50. The number of aromatic nitrogens is 1. The number of pyridine rings is 1. The van der Waals surface area contributed by atoms with Crippen LogP contribution >= 0.6 is 0 Å². The number of nitrogens with one attached hydrogen (secondary N) is 1. The Bertz CT molecular complexity index is 1010. The van der Waals surface area contributed by atoms with Crippen molar-refractivity contribution in [2.75, 3.05) is 5.32 Å². The maximum atomic E-state index is 14.1. The molecule has 26 heavy (non-hydrogen) atoms. The molecule has 1 fully saturated rings. The lowest BCUT2D eigenvalue weighted by atomic mass is 9.96. The van der Waals surface area contributed by atoms with E-state index in [1.807, 2.05) is 31.2 Å². The van der Waals surface area contributed by atoms with Gasteiger partial charge in [-0.2, -0.15) is 0 Å². The largest absolute Gasteiger partial charge is 0.392 e. The number of halogens is 1. The minimum absolute atomic E-state index is 0.0311. The number of aliphatic hydroxyl groups excluding tert-OH is 1. The van der Waals surface area contributed by atoms with E-state index in [-0.39, 0.29) is 18.4 Å². The third kappa shape index (κ3) is 3.18. The summed E-state index contributed by atoms with van der Waals surface area (Å²) in [5.74, 6) is 0.305. The van der Waals surface area contributed by atoms with Crippen LogP contribution in [-0.4, -0.2) is 16.0 Å². The van der Waals surface area contributed by atoms with Crippen LogP contribution in [0.4, 0.5) is 10.2 Å². The van der Waals surface area contributed by atoms with Gasteiger partial charge in [-0.15, -0.1) is 0 Å². The first-order chi connectivity index (χ1) is 12.5. The normalized spacial score (nSPS) is 13.8. The van der Waals surface area contributed by atoms with Gasteiger partial charge >= 0.3 is 0 Å². The zero-order chi connectivity index (χ0) is 18.3. The van der Waals surface area contributed by atoms with Gasteiger partial charge < -0.3 is 10.4 Å². The molecule has 1 saturated carbocycles.